The van der Waals surface area contributed by atoms with Crippen molar-refractivity contribution in [3.05, 3.63) is 108 Å². The summed E-state index contributed by atoms with van der Waals surface area (Å²) in [4.78, 5) is 24.8. The summed E-state index contributed by atoms with van der Waals surface area (Å²) in [6.07, 6.45) is -0.332. The summed E-state index contributed by atoms with van der Waals surface area (Å²) >= 11 is 0. The maximum Gasteiger partial charge on any atom is 0.315 e. The van der Waals surface area contributed by atoms with Crippen LogP contribution in [0.15, 0.2) is 91.0 Å². The predicted octanol–water partition coefficient (Wildman–Crippen LogP) is 5.08. The first-order valence-electron chi connectivity index (χ1n) is 11.3. The highest BCUT2D eigenvalue weighted by Gasteiger charge is 2.33. The van der Waals surface area contributed by atoms with Crippen LogP contribution in [0.25, 0.3) is 21.9 Å². The molecule has 1 aliphatic rings. The standard InChI is InChI=1S/C29H25NO4/c30-26(16-27(31)32)28(20-14-13-18-7-1-2-8-19(18)15-20)29(33)34-17-25-23-11-5-3-9-21(23)22-10-4-6-12-24(22)25/h1-15,25-26,28H,16-17,30H2,(H,31,32)/t26-,28?/m0/s1. The van der Waals surface area contributed by atoms with Crippen molar-refractivity contribution in [2.45, 2.75) is 24.3 Å². The molecule has 0 fully saturated rings. The van der Waals surface area contributed by atoms with Crippen molar-refractivity contribution in [2.75, 3.05) is 6.61 Å². The van der Waals surface area contributed by atoms with Crippen LogP contribution < -0.4 is 5.73 Å². The lowest BCUT2D eigenvalue weighted by Crippen LogP contribution is -2.37. The number of benzene rings is 4. The molecule has 0 heterocycles. The Hall–Kier alpha value is -3.96. The number of nitrogens with two attached hydrogens (primary N) is 1. The Kier molecular flexibility index (Phi) is 5.86. The SMILES string of the molecule is N[C@@H](CC(=O)O)C(C(=O)OCC1c2ccccc2-c2ccccc21)c1ccc2ccccc2c1. The molecule has 5 heteroatoms. The highest BCUT2D eigenvalue weighted by molar-refractivity contribution is 5.87. The summed E-state index contributed by atoms with van der Waals surface area (Å²) in [5.41, 5.74) is 11.4. The Morgan fingerprint density at radius 1 is 0.824 bits per heavy atom. The monoisotopic (exact) mass is 451 g/mol. The summed E-state index contributed by atoms with van der Waals surface area (Å²) in [5, 5.41) is 11.3. The second-order valence-corrected chi connectivity index (χ2v) is 8.70. The van der Waals surface area contributed by atoms with Gasteiger partial charge in [-0.25, -0.2) is 0 Å². The third-order valence-corrected chi connectivity index (χ3v) is 6.58. The van der Waals surface area contributed by atoms with Crippen LogP contribution in [-0.2, 0) is 14.3 Å². The van der Waals surface area contributed by atoms with Crippen molar-refractivity contribution < 1.29 is 19.4 Å². The highest BCUT2D eigenvalue weighted by Crippen LogP contribution is 2.44. The number of rotatable bonds is 7. The van der Waals surface area contributed by atoms with Crippen molar-refractivity contribution in [3.8, 4) is 11.1 Å². The molecule has 0 saturated heterocycles. The number of carbonyl (C=O) groups excluding carboxylic acids is 1. The average molecular weight is 452 g/mol. The second kappa shape index (κ2) is 9.12. The van der Waals surface area contributed by atoms with E-state index in [0.29, 0.717) is 5.56 Å². The third-order valence-electron chi connectivity index (χ3n) is 6.58. The summed E-state index contributed by atoms with van der Waals surface area (Å²) in [6, 6.07) is 28.8. The molecule has 0 radical (unpaired) electrons. The van der Waals surface area contributed by atoms with E-state index < -0.39 is 23.9 Å². The number of carbonyl (C=O) groups is 2. The molecule has 0 aliphatic heterocycles. The molecule has 2 atom stereocenters. The Balaban J connectivity index is 1.43. The van der Waals surface area contributed by atoms with E-state index in [-0.39, 0.29) is 18.9 Å². The number of hydrogen-bond donors (Lipinski definition) is 2. The fraction of sp³-hybridized carbons (Fsp3) is 0.172. The van der Waals surface area contributed by atoms with Gasteiger partial charge in [-0.2, -0.15) is 0 Å². The predicted molar refractivity (Wildman–Crippen MR) is 132 cm³/mol. The normalized spacial score (nSPS) is 14.3. The summed E-state index contributed by atoms with van der Waals surface area (Å²) in [7, 11) is 0. The molecular weight excluding hydrogens is 426 g/mol. The van der Waals surface area contributed by atoms with Crippen LogP contribution in [0.1, 0.15) is 34.9 Å². The lowest BCUT2D eigenvalue weighted by molar-refractivity contribution is -0.146. The molecule has 0 saturated carbocycles. The molecule has 170 valence electrons. The number of ether oxygens (including phenoxy) is 1. The topological polar surface area (TPSA) is 89.6 Å². The van der Waals surface area contributed by atoms with Gasteiger partial charge >= 0.3 is 11.9 Å². The quantitative estimate of drug-likeness (QED) is 0.383. The zero-order chi connectivity index (χ0) is 23.7. The molecule has 1 aliphatic carbocycles. The summed E-state index contributed by atoms with van der Waals surface area (Å²) in [5.74, 6) is -2.52. The van der Waals surface area contributed by atoms with Crippen LogP contribution in [0.3, 0.4) is 0 Å². The first-order valence-corrected chi connectivity index (χ1v) is 11.3. The van der Waals surface area contributed by atoms with Crippen molar-refractivity contribution >= 4 is 22.7 Å². The van der Waals surface area contributed by atoms with Crippen molar-refractivity contribution in [1.29, 1.82) is 0 Å². The highest BCUT2D eigenvalue weighted by atomic mass is 16.5. The Labute approximate surface area is 197 Å². The molecule has 0 amide bonds. The zero-order valence-corrected chi connectivity index (χ0v) is 18.6. The average Bonchev–Trinajstić information content (AvgIpc) is 3.16. The fourth-order valence-corrected chi connectivity index (χ4v) is 4.97. The number of aliphatic carboxylic acids is 1. The number of esters is 1. The number of fused-ring (bicyclic) bond motifs is 4. The first-order chi connectivity index (χ1) is 16.5. The van der Waals surface area contributed by atoms with Crippen molar-refractivity contribution in [2.24, 2.45) is 5.73 Å². The Bertz CT molecular complexity index is 1330. The summed E-state index contributed by atoms with van der Waals surface area (Å²) in [6.45, 7) is 0.163. The molecule has 4 aromatic rings. The number of carboxylic acids is 1. The van der Waals surface area contributed by atoms with E-state index in [1.165, 1.54) is 0 Å². The van der Waals surface area contributed by atoms with Gasteiger partial charge in [-0.05, 0) is 38.6 Å². The maximum atomic E-state index is 13.4. The van der Waals surface area contributed by atoms with Crippen LogP contribution in [0.5, 0.6) is 0 Å². The molecule has 1 unspecified atom stereocenters. The molecule has 0 aromatic heterocycles. The van der Waals surface area contributed by atoms with Crippen molar-refractivity contribution in [3.63, 3.8) is 0 Å². The fourth-order valence-electron chi connectivity index (χ4n) is 4.97. The van der Waals surface area contributed by atoms with Gasteiger partial charge in [0.1, 0.15) is 6.61 Å². The lowest BCUT2D eigenvalue weighted by Gasteiger charge is -2.23. The maximum absolute atomic E-state index is 13.4. The Morgan fingerprint density at radius 2 is 1.41 bits per heavy atom. The van der Waals surface area contributed by atoms with E-state index >= 15 is 0 Å². The van der Waals surface area contributed by atoms with Gasteiger partial charge < -0.3 is 15.6 Å². The van der Waals surface area contributed by atoms with Crippen LogP contribution >= 0.6 is 0 Å². The smallest absolute Gasteiger partial charge is 0.315 e. The minimum Gasteiger partial charge on any atom is -0.481 e. The number of carboxylic acid groups (broad SMARTS) is 1. The molecule has 4 aromatic carbocycles. The minimum atomic E-state index is -1.05. The largest absolute Gasteiger partial charge is 0.481 e. The van der Waals surface area contributed by atoms with E-state index in [1.54, 1.807) is 0 Å². The van der Waals surface area contributed by atoms with E-state index in [9.17, 15) is 14.7 Å². The molecule has 5 nitrogen and oxygen atoms in total. The molecule has 0 spiro atoms. The van der Waals surface area contributed by atoms with Gasteiger partial charge in [0.15, 0.2) is 0 Å². The van der Waals surface area contributed by atoms with Crippen LogP contribution in [-0.4, -0.2) is 29.7 Å². The molecule has 3 N–H and O–H groups in total. The Morgan fingerprint density at radius 3 is 2.06 bits per heavy atom. The lowest BCUT2D eigenvalue weighted by atomic mass is 9.88. The van der Waals surface area contributed by atoms with Crippen LogP contribution in [0.4, 0.5) is 0 Å². The van der Waals surface area contributed by atoms with E-state index in [0.717, 1.165) is 33.0 Å². The van der Waals surface area contributed by atoms with E-state index in [4.69, 9.17) is 10.5 Å². The van der Waals surface area contributed by atoms with E-state index in [2.05, 4.69) is 24.3 Å². The second-order valence-electron chi connectivity index (χ2n) is 8.70. The molecule has 0 bridgehead atoms. The zero-order valence-electron chi connectivity index (χ0n) is 18.6. The third kappa shape index (κ3) is 4.06. The molecular formula is C29H25NO4. The van der Waals surface area contributed by atoms with Crippen LogP contribution in [0.2, 0.25) is 0 Å². The first kappa shape index (κ1) is 21.9. The molecule has 34 heavy (non-hydrogen) atoms. The van der Waals surface area contributed by atoms with Crippen molar-refractivity contribution in [1.82, 2.24) is 0 Å². The van der Waals surface area contributed by atoms with Gasteiger partial charge in [-0.15, -0.1) is 0 Å². The van der Waals surface area contributed by atoms with Gasteiger partial charge in [-0.3, -0.25) is 9.59 Å². The minimum absolute atomic E-state index is 0.0794. The van der Waals surface area contributed by atoms with Gasteiger partial charge in [-0.1, -0.05) is 91.0 Å². The van der Waals surface area contributed by atoms with Gasteiger partial charge in [0.2, 0.25) is 0 Å². The van der Waals surface area contributed by atoms with Gasteiger partial charge in [0.05, 0.1) is 12.3 Å². The molecule has 5 rings (SSSR count). The van der Waals surface area contributed by atoms with E-state index in [1.807, 2.05) is 66.7 Å². The van der Waals surface area contributed by atoms with Gasteiger partial charge in [0, 0.05) is 12.0 Å². The summed E-state index contributed by atoms with van der Waals surface area (Å²) < 4.78 is 5.86. The number of hydrogen-bond acceptors (Lipinski definition) is 4. The van der Waals surface area contributed by atoms with Gasteiger partial charge in [0.25, 0.3) is 0 Å². The van der Waals surface area contributed by atoms with Crippen LogP contribution in [0, 0.1) is 0 Å².